The van der Waals surface area contributed by atoms with E-state index in [4.69, 9.17) is 4.98 Å². The van der Waals surface area contributed by atoms with Gasteiger partial charge in [-0.15, -0.1) is 34.0 Å². The van der Waals surface area contributed by atoms with Gasteiger partial charge in [-0.2, -0.15) is 0 Å². The summed E-state index contributed by atoms with van der Waals surface area (Å²) in [6, 6.07) is 38.8. The summed E-state index contributed by atoms with van der Waals surface area (Å²) in [6.45, 7) is 0. The van der Waals surface area contributed by atoms with Crippen LogP contribution in [0, 0.1) is 0 Å². The minimum absolute atomic E-state index is 0.250. The average molecular weight is 602 g/mol. The van der Waals surface area contributed by atoms with E-state index in [-0.39, 0.29) is 17.2 Å². The molecule has 0 spiro atoms. The maximum absolute atomic E-state index is 9.71. The van der Waals surface area contributed by atoms with Crippen LogP contribution in [0.15, 0.2) is 121 Å². The summed E-state index contributed by atoms with van der Waals surface area (Å²) < 4.78 is 0. The van der Waals surface area contributed by atoms with Crippen molar-refractivity contribution >= 4 is 34.0 Å². The van der Waals surface area contributed by atoms with Crippen molar-refractivity contribution < 1.29 is 15.3 Å². The lowest BCUT2D eigenvalue weighted by atomic mass is 10.1. The number of phenolic OH excluding ortho intramolecular Hbond substituents is 3. The molecular formula is C35H23NO3S3. The van der Waals surface area contributed by atoms with Crippen molar-refractivity contribution in [2.45, 2.75) is 0 Å². The monoisotopic (exact) mass is 601 g/mol. The third-order valence-electron chi connectivity index (χ3n) is 6.89. The molecule has 4 heterocycles. The molecule has 3 N–H and O–H groups in total. The van der Waals surface area contributed by atoms with Gasteiger partial charge in [0.15, 0.2) is 0 Å². The van der Waals surface area contributed by atoms with E-state index in [1.807, 2.05) is 36.4 Å². The second kappa shape index (κ2) is 10.9. The number of aromatic hydroxyl groups is 3. The number of hydrogen-bond acceptors (Lipinski definition) is 7. The predicted molar refractivity (Wildman–Crippen MR) is 175 cm³/mol. The van der Waals surface area contributed by atoms with Crippen LogP contribution in [0.5, 0.6) is 17.2 Å². The Hall–Kier alpha value is -4.69. The van der Waals surface area contributed by atoms with E-state index in [9.17, 15) is 15.3 Å². The van der Waals surface area contributed by atoms with Crippen LogP contribution in [0.1, 0.15) is 0 Å². The smallest absolute Gasteiger partial charge is 0.115 e. The molecule has 0 fully saturated rings. The predicted octanol–water partition coefficient (Wildman–Crippen LogP) is 10.4. The first-order chi connectivity index (χ1) is 20.5. The molecule has 4 aromatic heterocycles. The topological polar surface area (TPSA) is 73.6 Å². The first-order valence-electron chi connectivity index (χ1n) is 13.2. The molecule has 0 atom stereocenters. The summed E-state index contributed by atoms with van der Waals surface area (Å²) in [5.74, 6) is 0.753. The zero-order valence-electron chi connectivity index (χ0n) is 22.1. The van der Waals surface area contributed by atoms with Crippen LogP contribution in [-0.2, 0) is 0 Å². The lowest BCUT2D eigenvalue weighted by Crippen LogP contribution is -1.87. The summed E-state index contributed by atoms with van der Waals surface area (Å²) in [7, 11) is 0. The van der Waals surface area contributed by atoms with Crippen molar-refractivity contribution in [2.24, 2.45) is 0 Å². The van der Waals surface area contributed by atoms with Crippen molar-refractivity contribution in [3.63, 3.8) is 0 Å². The number of hydrogen-bond donors (Lipinski definition) is 3. The van der Waals surface area contributed by atoms with Gasteiger partial charge < -0.3 is 15.3 Å². The Morgan fingerprint density at radius 2 is 0.619 bits per heavy atom. The zero-order valence-corrected chi connectivity index (χ0v) is 24.5. The first-order valence-corrected chi connectivity index (χ1v) is 15.6. The lowest BCUT2D eigenvalue weighted by molar-refractivity contribution is 0.475. The van der Waals surface area contributed by atoms with Gasteiger partial charge in [0.25, 0.3) is 0 Å². The van der Waals surface area contributed by atoms with Crippen molar-refractivity contribution in [1.82, 2.24) is 4.98 Å². The third kappa shape index (κ3) is 5.33. The van der Waals surface area contributed by atoms with Crippen LogP contribution in [-0.4, -0.2) is 20.3 Å². The van der Waals surface area contributed by atoms with Gasteiger partial charge in [0, 0.05) is 19.5 Å². The van der Waals surface area contributed by atoms with Gasteiger partial charge >= 0.3 is 0 Å². The molecule has 204 valence electrons. The van der Waals surface area contributed by atoms with Crippen LogP contribution >= 0.6 is 34.0 Å². The Labute approximate surface area is 254 Å². The molecule has 0 saturated heterocycles. The van der Waals surface area contributed by atoms with Crippen molar-refractivity contribution in [1.29, 1.82) is 0 Å². The highest BCUT2D eigenvalue weighted by Crippen LogP contribution is 2.42. The second-order valence-electron chi connectivity index (χ2n) is 9.76. The van der Waals surface area contributed by atoms with Crippen LogP contribution < -0.4 is 0 Å². The maximum atomic E-state index is 9.71. The third-order valence-corrected chi connectivity index (χ3v) is 10.4. The molecule has 0 amide bonds. The highest BCUT2D eigenvalue weighted by molar-refractivity contribution is 7.19. The fraction of sp³-hybridized carbons (Fsp3) is 0. The highest BCUT2D eigenvalue weighted by Gasteiger charge is 2.15. The zero-order chi connectivity index (χ0) is 28.6. The van der Waals surface area contributed by atoms with Crippen LogP contribution in [0.3, 0.4) is 0 Å². The number of thiophene rings is 3. The van der Waals surface area contributed by atoms with E-state index in [1.54, 1.807) is 70.4 Å². The van der Waals surface area contributed by atoms with Crippen LogP contribution in [0.4, 0.5) is 0 Å². The minimum atomic E-state index is 0.250. The minimum Gasteiger partial charge on any atom is -0.508 e. The molecule has 4 nitrogen and oxygen atoms in total. The fourth-order valence-corrected chi connectivity index (χ4v) is 7.65. The van der Waals surface area contributed by atoms with Gasteiger partial charge in [0.2, 0.25) is 0 Å². The molecule has 7 aromatic rings. The van der Waals surface area contributed by atoms with E-state index in [0.29, 0.717) is 0 Å². The molecule has 42 heavy (non-hydrogen) atoms. The van der Waals surface area contributed by atoms with E-state index in [2.05, 4.69) is 48.5 Å². The molecular weight excluding hydrogens is 579 g/mol. The number of rotatable bonds is 6. The van der Waals surface area contributed by atoms with Crippen LogP contribution in [0.25, 0.3) is 62.9 Å². The molecule has 0 aliphatic carbocycles. The fourth-order valence-electron chi connectivity index (χ4n) is 4.71. The number of benzene rings is 3. The van der Waals surface area contributed by atoms with Crippen LogP contribution in [0.2, 0.25) is 0 Å². The Bertz CT molecular complexity index is 1760. The molecule has 3 aromatic carbocycles. The molecule has 0 unspecified atom stereocenters. The number of aromatic nitrogens is 1. The average Bonchev–Trinajstić information content (AvgIpc) is 3.80. The summed E-state index contributed by atoms with van der Waals surface area (Å²) >= 11 is 5.06. The van der Waals surface area contributed by atoms with Gasteiger partial charge in [-0.05, 0) is 144 Å². The molecule has 0 radical (unpaired) electrons. The Morgan fingerprint density at radius 1 is 0.333 bits per heavy atom. The number of nitrogens with zero attached hydrogens (tertiary/aromatic N) is 1. The van der Waals surface area contributed by atoms with Gasteiger partial charge in [-0.3, -0.25) is 0 Å². The first kappa shape index (κ1) is 26.2. The molecule has 7 rings (SSSR count). The SMILES string of the molecule is Oc1ccc(-c2ccc(-c3cc(-c4ccc(-c5ccc(O)cc5)s4)nc(-c4ccc(-c5ccc(O)cc5)s4)c3)s2)cc1. The molecule has 7 heteroatoms. The van der Waals surface area contributed by atoms with Gasteiger partial charge in [-0.1, -0.05) is 0 Å². The summed E-state index contributed by atoms with van der Waals surface area (Å²) in [6.07, 6.45) is 0. The molecule has 0 saturated carbocycles. The van der Waals surface area contributed by atoms with Crippen molar-refractivity contribution in [2.75, 3.05) is 0 Å². The maximum Gasteiger partial charge on any atom is 0.115 e. The van der Waals surface area contributed by atoms with Gasteiger partial charge in [0.1, 0.15) is 17.2 Å². The highest BCUT2D eigenvalue weighted by atomic mass is 32.1. The van der Waals surface area contributed by atoms with Gasteiger partial charge in [-0.25, -0.2) is 4.98 Å². The number of phenols is 3. The quantitative estimate of drug-likeness (QED) is 0.177. The lowest BCUT2D eigenvalue weighted by Gasteiger charge is -2.07. The summed E-state index contributed by atoms with van der Waals surface area (Å²) in [5.41, 5.74) is 6.05. The Morgan fingerprint density at radius 3 is 0.976 bits per heavy atom. The van der Waals surface area contributed by atoms with E-state index >= 15 is 0 Å². The standard InChI is InChI=1S/C35H23NO3S3/c37-25-7-1-21(2-8-25)30-13-14-33(40-30)24-19-28(34-17-15-31(41-34)22-3-9-26(38)10-4-22)36-29(20-24)35-18-16-32(42-35)23-5-11-27(39)12-6-23/h1-20,37-39H. The van der Waals surface area contributed by atoms with Crippen molar-refractivity contribution in [3.8, 4) is 80.2 Å². The van der Waals surface area contributed by atoms with Crippen molar-refractivity contribution in [3.05, 3.63) is 121 Å². The molecule has 0 aliphatic rings. The Balaban J connectivity index is 1.31. The summed E-state index contributed by atoms with van der Waals surface area (Å²) in [5, 5.41) is 29.1. The van der Waals surface area contributed by atoms with Gasteiger partial charge in [0.05, 0.1) is 21.1 Å². The van der Waals surface area contributed by atoms with E-state index in [1.165, 1.54) is 0 Å². The largest absolute Gasteiger partial charge is 0.508 e. The van der Waals surface area contributed by atoms with E-state index < -0.39 is 0 Å². The van der Waals surface area contributed by atoms with E-state index in [0.717, 1.165) is 62.9 Å². The number of pyridine rings is 1. The second-order valence-corrected chi connectivity index (χ2v) is 13.0. The normalized spacial score (nSPS) is 11.1. The Kier molecular flexibility index (Phi) is 6.83. The summed E-state index contributed by atoms with van der Waals surface area (Å²) in [4.78, 5) is 11.7. The molecule has 0 aliphatic heterocycles. The molecule has 0 bridgehead atoms.